The number of nitrogens with zero attached hydrogens (tertiary/aromatic N) is 3. The molecule has 0 aromatic heterocycles. The van der Waals surface area contributed by atoms with Gasteiger partial charge in [-0.15, -0.1) is 0 Å². The molecule has 1 unspecified atom stereocenters. The number of carbonyl (C=O) groups excluding carboxylic acids is 2. The van der Waals surface area contributed by atoms with Gasteiger partial charge < -0.3 is 4.90 Å². The Morgan fingerprint density at radius 1 is 1.33 bits per heavy atom. The van der Waals surface area contributed by atoms with Gasteiger partial charge in [-0.3, -0.25) is 9.69 Å². The summed E-state index contributed by atoms with van der Waals surface area (Å²) in [6, 6.07) is 11.0. The summed E-state index contributed by atoms with van der Waals surface area (Å²) in [5.74, 6) is -0.732. The second-order valence-corrected chi connectivity index (χ2v) is 4.24. The average molecular weight is 243 g/mol. The SMILES string of the molecule is CN1CC(=O)N(CC(C#N)c2ccccc2)C1=O. The van der Waals surface area contributed by atoms with Crippen LogP contribution in [0.3, 0.4) is 0 Å². The number of nitriles is 1. The summed E-state index contributed by atoms with van der Waals surface area (Å²) in [4.78, 5) is 25.8. The monoisotopic (exact) mass is 243 g/mol. The number of hydrogen-bond acceptors (Lipinski definition) is 3. The Labute approximate surface area is 105 Å². The molecule has 0 N–H and O–H groups in total. The largest absolute Gasteiger partial charge is 0.327 e. The Hall–Kier alpha value is -2.35. The third-order valence-corrected chi connectivity index (χ3v) is 2.95. The van der Waals surface area contributed by atoms with Crippen LogP contribution in [0.15, 0.2) is 30.3 Å². The number of amides is 3. The average Bonchev–Trinajstić information content (AvgIpc) is 2.62. The first-order chi connectivity index (χ1) is 8.63. The van der Waals surface area contributed by atoms with Crippen molar-refractivity contribution in [1.29, 1.82) is 5.26 Å². The fourth-order valence-corrected chi connectivity index (χ4v) is 1.94. The van der Waals surface area contributed by atoms with Crippen molar-refractivity contribution in [2.75, 3.05) is 20.1 Å². The number of hydrogen-bond donors (Lipinski definition) is 0. The quantitative estimate of drug-likeness (QED) is 0.749. The summed E-state index contributed by atoms with van der Waals surface area (Å²) in [6.07, 6.45) is 0. The van der Waals surface area contributed by atoms with Crippen LogP contribution in [0, 0.1) is 11.3 Å². The maximum atomic E-state index is 11.7. The topological polar surface area (TPSA) is 64.4 Å². The molecule has 0 spiro atoms. The van der Waals surface area contributed by atoms with Gasteiger partial charge in [-0.05, 0) is 5.56 Å². The van der Waals surface area contributed by atoms with Crippen molar-refractivity contribution in [1.82, 2.24) is 9.80 Å². The van der Waals surface area contributed by atoms with Gasteiger partial charge in [0.2, 0.25) is 5.91 Å². The normalized spacial score (nSPS) is 16.9. The molecular formula is C13H13N3O2. The summed E-state index contributed by atoms with van der Waals surface area (Å²) < 4.78 is 0. The third kappa shape index (κ3) is 2.18. The van der Waals surface area contributed by atoms with E-state index < -0.39 is 5.92 Å². The first kappa shape index (κ1) is 12.1. The van der Waals surface area contributed by atoms with Crippen molar-refractivity contribution in [2.24, 2.45) is 0 Å². The lowest BCUT2D eigenvalue weighted by molar-refractivity contribution is -0.125. The molecule has 18 heavy (non-hydrogen) atoms. The van der Waals surface area contributed by atoms with Gasteiger partial charge in [-0.25, -0.2) is 4.79 Å². The number of likely N-dealkylation sites (N-methyl/N-ethyl adjacent to an activating group) is 1. The molecule has 1 atom stereocenters. The maximum Gasteiger partial charge on any atom is 0.327 e. The zero-order chi connectivity index (χ0) is 13.1. The van der Waals surface area contributed by atoms with Crippen molar-refractivity contribution in [2.45, 2.75) is 5.92 Å². The van der Waals surface area contributed by atoms with Gasteiger partial charge in [0, 0.05) is 7.05 Å². The molecule has 1 saturated heterocycles. The minimum Gasteiger partial charge on any atom is -0.318 e. The predicted octanol–water partition coefficient (Wildman–Crippen LogP) is 1.19. The van der Waals surface area contributed by atoms with Crippen molar-refractivity contribution >= 4 is 11.9 Å². The van der Waals surface area contributed by atoms with Gasteiger partial charge >= 0.3 is 6.03 Å². The van der Waals surface area contributed by atoms with Gasteiger partial charge in [0.15, 0.2) is 0 Å². The highest BCUT2D eigenvalue weighted by atomic mass is 16.2. The van der Waals surface area contributed by atoms with E-state index in [0.717, 1.165) is 10.5 Å². The summed E-state index contributed by atoms with van der Waals surface area (Å²) in [6.45, 7) is 0.203. The Bertz CT molecular complexity index is 507. The van der Waals surface area contributed by atoms with Crippen molar-refractivity contribution < 1.29 is 9.59 Å². The van der Waals surface area contributed by atoms with Crippen LogP contribution in [0.1, 0.15) is 11.5 Å². The molecule has 2 rings (SSSR count). The van der Waals surface area contributed by atoms with Gasteiger partial charge in [0.1, 0.15) is 6.54 Å². The molecule has 1 fully saturated rings. The van der Waals surface area contributed by atoms with E-state index in [1.807, 2.05) is 30.3 Å². The minimum atomic E-state index is -0.481. The lowest BCUT2D eigenvalue weighted by Gasteiger charge is -2.17. The fourth-order valence-electron chi connectivity index (χ4n) is 1.94. The Morgan fingerprint density at radius 3 is 2.50 bits per heavy atom. The molecule has 1 aromatic rings. The van der Waals surface area contributed by atoms with Crippen molar-refractivity contribution in [3.05, 3.63) is 35.9 Å². The Kier molecular flexibility index (Phi) is 3.28. The maximum absolute atomic E-state index is 11.7. The highest BCUT2D eigenvalue weighted by Crippen LogP contribution is 2.19. The molecule has 92 valence electrons. The van der Waals surface area contributed by atoms with Crippen LogP contribution < -0.4 is 0 Å². The van der Waals surface area contributed by atoms with E-state index in [2.05, 4.69) is 6.07 Å². The molecule has 5 nitrogen and oxygen atoms in total. The van der Waals surface area contributed by atoms with Crippen LogP contribution in [0.4, 0.5) is 4.79 Å². The van der Waals surface area contributed by atoms with Crippen LogP contribution in [0.2, 0.25) is 0 Å². The van der Waals surface area contributed by atoms with Crippen LogP contribution in [0.25, 0.3) is 0 Å². The highest BCUT2D eigenvalue weighted by molar-refractivity contribution is 6.01. The van der Waals surface area contributed by atoms with Gasteiger partial charge in [-0.2, -0.15) is 5.26 Å². The fraction of sp³-hybridized carbons (Fsp3) is 0.308. The van der Waals surface area contributed by atoms with Crippen molar-refractivity contribution in [3.8, 4) is 6.07 Å². The van der Waals surface area contributed by atoms with Crippen LogP contribution in [-0.2, 0) is 4.79 Å². The lowest BCUT2D eigenvalue weighted by atomic mass is 10.0. The number of rotatable bonds is 3. The smallest absolute Gasteiger partial charge is 0.318 e. The molecule has 0 saturated carbocycles. The van der Waals surface area contributed by atoms with E-state index in [-0.39, 0.29) is 25.0 Å². The summed E-state index contributed by atoms with van der Waals surface area (Å²) in [5, 5.41) is 9.17. The van der Waals surface area contributed by atoms with E-state index in [9.17, 15) is 9.59 Å². The van der Waals surface area contributed by atoms with E-state index in [4.69, 9.17) is 5.26 Å². The summed E-state index contributed by atoms with van der Waals surface area (Å²) in [5.41, 5.74) is 0.815. The number of imide groups is 1. The Balaban J connectivity index is 2.16. The lowest BCUT2D eigenvalue weighted by Crippen LogP contribution is -2.34. The minimum absolute atomic E-state index is 0.0891. The number of urea groups is 1. The summed E-state index contributed by atoms with van der Waals surface area (Å²) in [7, 11) is 1.57. The zero-order valence-corrected chi connectivity index (χ0v) is 10.0. The van der Waals surface area contributed by atoms with E-state index in [0.29, 0.717) is 0 Å². The molecule has 3 amide bonds. The molecule has 0 radical (unpaired) electrons. The van der Waals surface area contributed by atoms with Gasteiger partial charge in [0.25, 0.3) is 0 Å². The van der Waals surface area contributed by atoms with E-state index in [1.165, 1.54) is 4.90 Å². The van der Waals surface area contributed by atoms with Crippen LogP contribution in [-0.4, -0.2) is 41.9 Å². The van der Waals surface area contributed by atoms with E-state index in [1.54, 1.807) is 7.05 Å². The third-order valence-electron chi connectivity index (χ3n) is 2.95. The molecule has 1 aliphatic heterocycles. The molecule has 0 bridgehead atoms. The second-order valence-electron chi connectivity index (χ2n) is 4.24. The molecule has 5 heteroatoms. The molecule has 0 aliphatic carbocycles. The number of benzene rings is 1. The molecule has 1 aliphatic rings. The number of carbonyl (C=O) groups is 2. The second kappa shape index (κ2) is 4.88. The van der Waals surface area contributed by atoms with E-state index >= 15 is 0 Å². The zero-order valence-electron chi connectivity index (χ0n) is 10.0. The predicted molar refractivity (Wildman–Crippen MR) is 64.5 cm³/mol. The molecular weight excluding hydrogens is 230 g/mol. The standard InChI is InChI=1S/C13H13N3O2/c1-15-9-12(17)16(13(15)18)8-11(7-14)10-5-3-2-4-6-10/h2-6,11H,8-9H2,1H3. The van der Waals surface area contributed by atoms with Crippen LogP contribution >= 0.6 is 0 Å². The Morgan fingerprint density at radius 2 is 2.00 bits per heavy atom. The first-order valence-electron chi connectivity index (χ1n) is 5.63. The first-order valence-corrected chi connectivity index (χ1v) is 5.63. The highest BCUT2D eigenvalue weighted by Gasteiger charge is 2.35. The van der Waals surface area contributed by atoms with Crippen molar-refractivity contribution in [3.63, 3.8) is 0 Å². The molecule has 1 aromatic carbocycles. The van der Waals surface area contributed by atoms with Gasteiger partial charge in [0.05, 0.1) is 18.5 Å². The molecule has 1 heterocycles. The van der Waals surface area contributed by atoms with Gasteiger partial charge in [-0.1, -0.05) is 30.3 Å². The van der Waals surface area contributed by atoms with Crippen LogP contribution in [0.5, 0.6) is 0 Å². The summed E-state index contributed by atoms with van der Waals surface area (Å²) >= 11 is 0.